The molecule has 0 bridgehead atoms. The number of fused-ring (bicyclic) bond motifs is 1. The van der Waals surface area contributed by atoms with Crippen molar-refractivity contribution in [3.63, 3.8) is 0 Å². The minimum absolute atomic E-state index is 0.112. The van der Waals surface area contributed by atoms with Crippen LogP contribution in [0.3, 0.4) is 0 Å². The van der Waals surface area contributed by atoms with E-state index in [-0.39, 0.29) is 25.3 Å². The van der Waals surface area contributed by atoms with Crippen molar-refractivity contribution >= 4 is 21.9 Å². The average molecular weight is 506 g/mol. The Balaban J connectivity index is 1.97. The third kappa shape index (κ3) is 5.88. The zero-order valence-corrected chi connectivity index (χ0v) is 21.0. The number of aromatic nitrogens is 1. The number of benzene rings is 1. The fraction of sp³-hybridized carbons (Fsp3) is 0.520. The van der Waals surface area contributed by atoms with Crippen LogP contribution in [0.4, 0.5) is 0 Å². The van der Waals surface area contributed by atoms with E-state index in [0.29, 0.717) is 12.1 Å². The van der Waals surface area contributed by atoms with Gasteiger partial charge in [0.1, 0.15) is 12.4 Å². The van der Waals surface area contributed by atoms with Crippen LogP contribution in [-0.2, 0) is 33.7 Å². The smallest absolute Gasteiger partial charge is 0.332 e. The molecule has 32 heavy (non-hydrogen) atoms. The van der Waals surface area contributed by atoms with Gasteiger partial charge in [-0.25, -0.2) is 4.79 Å². The number of nitrogens with zero attached hydrogens (tertiary/aromatic N) is 1. The molecule has 3 rings (SSSR count). The number of esters is 1. The lowest BCUT2D eigenvalue weighted by Crippen LogP contribution is -2.32. The molecule has 174 valence electrons. The van der Waals surface area contributed by atoms with Crippen LogP contribution in [0.1, 0.15) is 56.6 Å². The summed E-state index contributed by atoms with van der Waals surface area (Å²) in [6.07, 6.45) is 2.32. The van der Waals surface area contributed by atoms with E-state index in [2.05, 4.69) is 27.0 Å². The summed E-state index contributed by atoms with van der Waals surface area (Å²) in [5, 5.41) is 9.86. The van der Waals surface area contributed by atoms with E-state index >= 15 is 0 Å². The Bertz CT molecular complexity index is 987. The number of hydrogen-bond acceptors (Lipinski definition) is 6. The molecule has 7 heteroatoms. The quantitative estimate of drug-likeness (QED) is 0.512. The molecular weight excluding hydrogens is 474 g/mol. The summed E-state index contributed by atoms with van der Waals surface area (Å²) in [6.45, 7) is 9.94. The van der Waals surface area contributed by atoms with Crippen molar-refractivity contribution in [3.05, 3.63) is 45.2 Å². The number of hydrogen-bond donors (Lipinski definition) is 1. The molecule has 0 unspecified atom stereocenters. The SMILES string of the molecule is Cc1nc(CO)c(Br)c(-c2ccc3c(c2)CCCO3)c1CC(C)(C)OCC(=O)OC(C)C. The van der Waals surface area contributed by atoms with Gasteiger partial charge < -0.3 is 19.3 Å². The molecule has 2 aromatic rings. The number of halogens is 1. The lowest BCUT2D eigenvalue weighted by Gasteiger charge is -2.28. The molecule has 1 aliphatic heterocycles. The minimum Gasteiger partial charge on any atom is -0.493 e. The molecule has 0 spiro atoms. The number of carbonyl (C=O) groups excluding carboxylic acids is 1. The van der Waals surface area contributed by atoms with Gasteiger partial charge in [0.25, 0.3) is 0 Å². The maximum Gasteiger partial charge on any atom is 0.332 e. The van der Waals surface area contributed by atoms with E-state index in [9.17, 15) is 9.90 Å². The normalized spacial score (nSPS) is 13.6. The number of carbonyl (C=O) groups is 1. The fourth-order valence-corrected chi connectivity index (χ4v) is 4.62. The first-order valence-corrected chi connectivity index (χ1v) is 11.8. The number of pyridine rings is 1. The second kappa shape index (κ2) is 10.3. The first-order valence-electron chi connectivity index (χ1n) is 11.0. The van der Waals surface area contributed by atoms with Crippen molar-refractivity contribution in [2.45, 2.75) is 72.2 Å². The topological polar surface area (TPSA) is 77.9 Å². The van der Waals surface area contributed by atoms with Gasteiger partial charge in [0.15, 0.2) is 0 Å². The summed E-state index contributed by atoms with van der Waals surface area (Å²) in [5.41, 5.74) is 4.99. The van der Waals surface area contributed by atoms with Crippen molar-refractivity contribution < 1.29 is 24.1 Å². The second-order valence-corrected chi connectivity index (χ2v) is 9.80. The highest BCUT2D eigenvalue weighted by Crippen LogP contribution is 2.39. The minimum atomic E-state index is -0.630. The molecule has 6 nitrogen and oxygen atoms in total. The van der Waals surface area contributed by atoms with Crippen LogP contribution in [0.25, 0.3) is 11.1 Å². The predicted octanol–water partition coefficient (Wildman–Crippen LogP) is 4.93. The molecule has 0 saturated heterocycles. The fourth-order valence-electron chi connectivity index (χ4n) is 3.94. The van der Waals surface area contributed by atoms with Gasteiger partial charge in [0.05, 0.1) is 30.6 Å². The Morgan fingerprint density at radius 3 is 2.78 bits per heavy atom. The highest BCUT2D eigenvalue weighted by Gasteiger charge is 2.27. The van der Waals surface area contributed by atoms with E-state index in [1.54, 1.807) is 0 Å². The Morgan fingerprint density at radius 2 is 2.09 bits per heavy atom. The molecule has 0 radical (unpaired) electrons. The molecule has 1 aliphatic rings. The van der Waals surface area contributed by atoms with E-state index in [1.165, 1.54) is 5.56 Å². The molecular formula is C25H32BrNO5. The number of rotatable bonds is 8. The molecule has 1 aromatic carbocycles. The first kappa shape index (κ1) is 24.7. The van der Waals surface area contributed by atoms with E-state index in [1.807, 2.05) is 46.8 Å². The van der Waals surface area contributed by atoms with E-state index < -0.39 is 5.60 Å². The number of ether oxygens (including phenoxy) is 3. The van der Waals surface area contributed by atoms with Crippen molar-refractivity contribution in [1.82, 2.24) is 4.98 Å². The van der Waals surface area contributed by atoms with E-state index in [0.717, 1.165) is 52.1 Å². The zero-order valence-electron chi connectivity index (χ0n) is 19.5. The van der Waals surface area contributed by atoms with Crippen molar-refractivity contribution in [2.24, 2.45) is 0 Å². The average Bonchev–Trinajstić information content (AvgIpc) is 2.74. The van der Waals surface area contributed by atoms with Crippen LogP contribution in [0.5, 0.6) is 5.75 Å². The van der Waals surface area contributed by atoms with Gasteiger partial charge >= 0.3 is 5.97 Å². The van der Waals surface area contributed by atoms with Gasteiger partial charge in [-0.3, -0.25) is 4.98 Å². The van der Waals surface area contributed by atoms with Crippen LogP contribution in [0.15, 0.2) is 22.7 Å². The third-order valence-corrected chi connectivity index (χ3v) is 6.27. The summed E-state index contributed by atoms with van der Waals surface area (Å²) in [5.74, 6) is 0.549. The van der Waals surface area contributed by atoms with Gasteiger partial charge in [-0.1, -0.05) is 6.07 Å². The summed E-state index contributed by atoms with van der Waals surface area (Å²) in [7, 11) is 0. The van der Waals surface area contributed by atoms with Crippen LogP contribution in [0.2, 0.25) is 0 Å². The van der Waals surface area contributed by atoms with Crippen molar-refractivity contribution in [1.29, 1.82) is 0 Å². The van der Waals surface area contributed by atoms with Crippen LogP contribution in [-0.4, -0.2) is 41.0 Å². The third-order valence-electron chi connectivity index (χ3n) is 5.41. The molecule has 0 amide bonds. The molecule has 1 aromatic heterocycles. The summed E-state index contributed by atoms with van der Waals surface area (Å²) in [4.78, 5) is 16.6. The monoisotopic (exact) mass is 505 g/mol. The number of aryl methyl sites for hydroxylation is 2. The van der Waals surface area contributed by atoms with Gasteiger partial charge in [-0.2, -0.15) is 0 Å². The maximum absolute atomic E-state index is 12.0. The second-order valence-electron chi connectivity index (χ2n) is 9.01. The Morgan fingerprint density at radius 1 is 1.34 bits per heavy atom. The molecule has 0 fully saturated rings. The van der Waals surface area contributed by atoms with Crippen LogP contribution >= 0.6 is 15.9 Å². The van der Waals surface area contributed by atoms with Gasteiger partial charge in [-0.05, 0) is 92.2 Å². The molecule has 0 saturated carbocycles. The molecule has 0 aliphatic carbocycles. The zero-order chi connectivity index (χ0) is 23.5. The first-order chi connectivity index (χ1) is 15.1. The van der Waals surface area contributed by atoms with Crippen molar-refractivity contribution in [2.75, 3.05) is 13.2 Å². The Hall–Kier alpha value is -1.96. The summed E-state index contributed by atoms with van der Waals surface area (Å²) < 4.78 is 17.7. The molecule has 2 heterocycles. The van der Waals surface area contributed by atoms with Crippen molar-refractivity contribution in [3.8, 4) is 16.9 Å². The summed E-state index contributed by atoms with van der Waals surface area (Å²) in [6, 6.07) is 6.22. The predicted molar refractivity (Wildman–Crippen MR) is 127 cm³/mol. The lowest BCUT2D eigenvalue weighted by molar-refractivity contribution is -0.158. The molecule has 0 atom stereocenters. The lowest BCUT2D eigenvalue weighted by atomic mass is 9.89. The summed E-state index contributed by atoms with van der Waals surface area (Å²) >= 11 is 3.69. The van der Waals surface area contributed by atoms with Crippen LogP contribution < -0.4 is 4.74 Å². The van der Waals surface area contributed by atoms with Crippen LogP contribution in [0, 0.1) is 6.92 Å². The highest BCUT2D eigenvalue weighted by atomic mass is 79.9. The Kier molecular flexibility index (Phi) is 7.96. The number of aliphatic hydroxyl groups excluding tert-OH is 1. The maximum atomic E-state index is 12.0. The Labute approximate surface area is 198 Å². The standard InChI is InChI=1S/C25H32BrNO5/c1-15(2)32-22(29)14-31-25(4,5)12-19-16(3)27-20(13-28)24(26)23(19)18-8-9-21-17(11-18)7-6-10-30-21/h8-9,11,15,28H,6-7,10,12-14H2,1-5H3. The highest BCUT2D eigenvalue weighted by molar-refractivity contribution is 9.10. The molecule has 1 N–H and O–H groups in total. The van der Waals surface area contributed by atoms with E-state index in [4.69, 9.17) is 14.2 Å². The van der Waals surface area contributed by atoms with Gasteiger partial charge in [0.2, 0.25) is 0 Å². The number of aliphatic hydroxyl groups is 1. The van der Waals surface area contributed by atoms with Gasteiger partial charge in [-0.15, -0.1) is 0 Å². The van der Waals surface area contributed by atoms with Gasteiger partial charge in [0, 0.05) is 22.2 Å². The largest absolute Gasteiger partial charge is 0.493 e.